The monoisotopic (exact) mass is 221 g/mol. The number of nitrogens with two attached hydrogens (primary N) is 2. The maximum atomic E-state index is 9.56. The number of anilines is 1. The molecular weight excluding hydrogens is 206 g/mol. The van der Waals surface area contributed by atoms with E-state index in [1.165, 1.54) is 6.21 Å². The molecule has 0 aliphatic carbocycles. The standard InChI is InChI=1S/C10H15N5O/c1-15(2)8-3-4-9(16)7(5-8)6-13-14-10(11)12/h3-6,16H,1-2H3,(H4,11,12,14). The van der Waals surface area contributed by atoms with Crippen molar-refractivity contribution in [3.63, 3.8) is 0 Å². The zero-order valence-corrected chi connectivity index (χ0v) is 9.25. The first-order valence-corrected chi connectivity index (χ1v) is 4.63. The van der Waals surface area contributed by atoms with Gasteiger partial charge in [-0.25, -0.2) is 0 Å². The minimum Gasteiger partial charge on any atom is -0.507 e. The van der Waals surface area contributed by atoms with Crippen LogP contribution in [0.1, 0.15) is 5.56 Å². The maximum Gasteiger partial charge on any atom is 0.211 e. The molecule has 1 aromatic rings. The minimum absolute atomic E-state index is 0.125. The van der Waals surface area contributed by atoms with Crippen molar-refractivity contribution in [3.05, 3.63) is 23.8 Å². The van der Waals surface area contributed by atoms with E-state index in [2.05, 4.69) is 10.2 Å². The summed E-state index contributed by atoms with van der Waals surface area (Å²) < 4.78 is 0. The third-order valence-electron chi connectivity index (χ3n) is 1.90. The van der Waals surface area contributed by atoms with Crippen LogP contribution in [-0.2, 0) is 0 Å². The number of aromatic hydroxyl groups is 1. The molecule has 86 valence electrons. The Morgan fingerprint density at radius 1 is 1.38 bits per heavy atom. The summed E-state index contributed by atoms with van der Waals surface area (Å²) in [4.78, 5) is 1.91. The second kappa shape index (κ2) is 5.01. The van der Waals surface area contributed by atoms with Crippen molar-refractivity contribution in [1.82, 2.24) is 0 Å². The molecule has 5 N–H and O–H groups in total. The van der Waals surface area contributed by atoms with Gasteiger partial charge in [-0.15, -0.1) is 5.10 Å². The average molecular weight is 221 g/mol. The van der Waals surface area contributed by atoms with Crippen LogP contribution in [0, 0.1) is 0 Å². The zero-order valence-electron chi connectivity index (χ0n) is 9.25. The van der Waals surface area contributed by atoms with Crippen LogP contribution in [0.15, 0.2) is 28.4 Å². The van der Waals surface area contributed by atoms with E-state index in [0.717, 1.165) is 5.69 Å². The van der Waals surface area contributed by atoms with Gasteiger partial charge in [-0.3, -0.25) is 0 Å². The largest absolute Gasteiger partial charge is 0.507 e. The lowest BCUT2D eigenvalue weighted by Gasteiger charge is -2.13. The van der Waals surface area contributed by atoms with Gasteiger partial charge in [0.2, 0.25) is 5.96 Å². The molecule has 0 aromatic heterocycles. The highest BCUT2D eigenvalue weighted by Crippen LogP contribution is 2.21. The molecule has 0 aliphatic heterocycles. The molecule has 0 spiro atoms. The van der Waals surface area contributed by atoms with Gasteiger partial charge in [-0.1, -0.05) is 0 Å². The first-order chi connectivity index (χ1) is 7.50. The number of benzene rings is 1. The normalized spacial score (nSPS) is 10.4. The maximum absolute atomic E-state index is 9.56. The predicted molar refractivity (Wildman–Crippen MR) is 65.8 cm³/mol. The molecule has 0 saturated heterocycles. The van der Waals surface area contributed by atoms with Crippen molar-refractivity contribution in [1.29, 1.82) is 0 Å². The molecule has 0 aliphatic rings. The number of guanidine groups is 1. The second-order valence-corrected chi connectivity index (χ2v) is 3.41. The highest BCUT2D eigenvalue weighted by Gasteiger charge is 2.01. The van der Waals surface area contributed by atoms with Gasteiger partial charge >= 0.3 is 0 Å². The Hall–Kier alpha value is -2.24. The number of rotatable bonds is 3. The van der Waals surface area contributed by atoms with Gasteiger partial charge < -0.3 is 21.5 Å². The number of hydrogen-bond acceptors (Lipinski definition) is 4. The van der Waals surface area contributed by atoms with Crippen molar-refractivity contribution in [2.24, 2.45) is 21.7 Å². The van der Waals surface area contributed by atoms with E-state index in [1.807, 2.05) is 19.0 Å². The van der Waals surface area contributed by atoms with E-state index < -0.39 is 0 Å². The SMILES string of the molecule is CN(C)c1ccc(O)c(C=NN=C(N)N)c1. The summed E-state index contributed by atoms with van der Waals surface area (Å²) in [7, 11) is 3.81. The van der Waals surface area contributed by atoms with Crippen LogP contribution >= 0.6 is 0 Å². The summed E-state index contributed by atoms with van der Waals surface area (Å²) in [5, 5.41) is 16.7. The van der Waals surface area contributed by atoms with Gasteiger partial charge in [0.05, 0.1) is 6.21 Å². The Balaban J connectivity index is 2.99. The fraction of sp³-hybridized carbons (Fsp3) is 0.200. The lowest BCUT2D eigenvalue weighted by Crippen LogP contribution is -2.21. The van der Waals surface area contributed by atoms with Gasteiger partial charge in [0.15, 0.2) is 0 Å². The summed E-state index contributed by atoms with van der Waals surface area (Å²) >= 11 is 0. The summed E-state index contributed by atoms with van der Waals surface area (Å²) in [6, 6.07) is 5.17. The van der Waals surface area contributed by atoms with E-state index in [-0.39, 0.29) is 11.7 Å². The summed E-state index contributed by atoms with van der Waals surface area (Å²) in [5.74, 6) is -0.000327. The molecule has 0 amide bonds. The molecule has 6 heteroatoms. The molecule has 16 heavy (non-hydrogen) atoms. The molecule has 1 rings (SSSR count). The highest BCUT2D eigenvalue weighted by molar-refractivity contribution is 5.86. The first kappa shape index (κ1) is 11.8. The molecule has 0 unspecified atom stereocenters. The van der Waals surface area contributed by atoms with Crippen LogP contribution in [0.3, 0.4) is 0 Å². The van der Waals surface area contributed by atoms with E-state index >= 15 is 0 Å². The Kier molecular flexibility index (Phi) is 3.71. The first-order valence-electron chi connectivity index (χ1n) is 4.63. The third kappa shape index (κ3) is 3.16. The molecule has 6 nitrogen and oxygen atoms in total. The minimum atomic E-state index is -0.125. The van der Waals surface area contributed by atoms with Gasteiger partial charge in [-0.05, 0) is 18.2 Å². The Bertz CT molecular complexity index is 421. The van der Waals surface area contributed by atoms with Crippen LogP contribution in [0.25, 0.3) is 0 Å². The van der Waals surface area contributed by atoms with Crippen LogP contribution in [0.4, 0.5) is 5.69 Å². The Morgan fingerprint density at radius 2 is 2.06 bits per heavy atom. The van der Waals surface area contributed by atoms with Gasteiger partial charge in [0.25, 0.3) is 0 Å². The van der Waals surface area contributed by atoms with Crippen molar-refractivity contribution in [3.8, 4) is 5.75 Å². The van der Waals surface area contributed by atoms with E-state index in [0.29, 0.717) is 5.56 Å². The Labute approximate surface area is 93.9 Å². The number of phenols is 1. The van der Waals surface area contributed by atoms with E-state index in [4.69, 9.17) is 11.5 Å². The fourth-order valence-corrected chi connectivity index (χ4v) is 1.08. The molecular formula is C10H15N5O. The van der Waals surface area contributed by atoms with Crippen molar-refractivity contribution >= 4 is 17.9 Å². The van der Waals surface area contributed by atoms with Crippen LogP contribution < -0.4 is 16.4 Å². The number of nitrogens with zero attached hydrogens (tertiary/aromatic N) is 3. The van der Waals surface area contributed by atoms with Crippen molar-refractivity contribution in [2.75, 3.05) is 19.0 Å². The summed E-state index contributed by atoms with van der Waals surface area (Å²) in [5.41, 5.74) is 11.7. The second-order valence-electron chi connectivity index (χ2n) is 3.41. The molecule has 0 fully saturated rings. The summed E-state index contributed by atoms with van der Waals surface area (Å²) in [6.45, 7) is 0. The molecule has 0 bridgehead atoms. The lowest BCUT2D eigenvalue weighted by atomic mass is 10.2. The van der Waals surface area contributed by atoms with E-state index in [9.17, 15) is 5.11 Å². The molecule has 0 heterocycles. The topological polar surface area (TPSA) is 100 Å². The zero-order chi connectivity index (χ0) is 12.1. The number of hydrogen-bond donors (Lipinski definition) is 3. The lowest BCUT2D eigenvalue weighted by molar-refractivity contribution is 0.474. The van der Waals surface area contributed by atoms with Gasteiger partial charge in [-0.2, -0.15) is 5.10 Å². The van der Waals surface area contributed by atoms with Gasteiger partial charge in [0, 0.05) is 25.3 Å². The van der Waals surface area contributed by atoms with Crippen molar-refractivity contribution < 1.29 is 5.11 Å². The Morgan fingerprint density at radius 3 is 2.62 bits per heavy atom. The molecule has 0 saturated carbocycles. The van der Waals surface area contributed by atoms with Gasteiger partial charge in [0.1, 0.15) is 5.75 Å². The number of phenolic OH excluding ortho intramolecular Hbond substituents is 1. The highest BCUT2D eigenvalue weighted by atomic mass is 16.3. The summed E-state index contributed by atoms with van der Waals surface area (Å²) in [6.07, 6.45) is 1.39. The predicted octanol–water partition coefficient (Wildman–Crippen LogP) is 0.0655. The van der Waals surface area contributed by atoms with Crippen molar-refractivity contribution in [2.45, 2.75) is 0 Å². The van der Waals surface area contributed by atoms with Crippen LogP contribution in [0.2, 0.25) is 0 Å². The van der Waals surface area contributed by atoms with Crippen LogP contribution in [-0.4, -0.2) is 31.4 Å². The smallest absolute Gasteiger partial charge is 0.211 e. The third-order valence-corrected chi connectivity index (χ3v) is 1.90. The quantitative estimate of drug-likeness (QED) is 0.382. The van der Waals surface area contributed by atoms with Crippen LogP contribution in [0.5, 0.6) is 5.75 Å². The fourth-order valence-electron chi connectivity index (χ4n) is 1.08. The molecule has 0 atom stereocenters. The average Bonchev–Trinajstić information content (AvgIpc) is 2.20. The molecule has 0 radical (unpaired) electrons. The van der Waals surface area contributed by atoms with E-state index in [1.54, 1.807) is 18.2 Å². The molecule has 1 aromatic carbocycles.